The Labute approximate surface area is 201 Å². The van der Waals surface area contributed by atoms with Gasteiger partial charge in [0.2, 0.25) is 0 Å². The molecule has 1 atom stereocenters. The Morgan fingerprint density at radius 1 is 1.26 bits per heavy atom. The van der Waals surface area contributed by atoms with Crippen LogP contribution < -0.4 is 20.7 Å². The Balaban J connectivity index is 1.53. The van der Waals surface area contributed by atoms with Crippen molar-refractivity contribution in [3.8, 4) is 17.1 Å². The number of ether oxygens (including phenoxy) is 1. The first kappa shape index (κ1) is 22.7. The van der Waals surface area contributed by atoms with E-state index in [1.165, 1.54) is 31.5 Å². The maximum absolute atomic E-state index is 14.6. The van der Waals surface area contributed by atoms with E-state index in [4.69, 9.17) is 10.5 Å². The van der Waals surface area contributed by atoms with Crippen LogP contribution in [0.5, 0.6) is 5.75 Å². The second-order valence-corrected chi connectivity index (χ2v) is 8.45. The molecule has 0 saturated carbocycles. The lowest BCUT2D eigenvalue weighted by atomic mass is 10.1. The minimum atomic E-state index is -0.536. The topological polar surface area (TPSA) is 111 Å². The van der Waals surface area contributed by atoms with E-state index in [2.05, 4.69) is 25.2 Å². The van der Waals surface area contributed by atoms with Crippen LogP contribution in [0.25, 0.3) is 22.4 Å². The summed E-state index contributed by atoms with van der Waals surface area (Å²) < 4.78 is 21.8. The number of hydrogen-bond acceptors (Lipinski definition) is 7. The van der Waals surface area contributed by atoms with Gasteiger partial charge in [0.05, 0.1) is 35.9 Å². The van der Waals surface area contributed by atoms with Crippen LogP contribution in [-0.2, 0) is 7.05 Å². The smallest absolute Gasteiger partial charge is 0.274 e. The van der Waals surface area contributed by atoms with Gasteiger partial charge < -0.3 is 25.3 Å². The van der Waals surface area contributed by atoms with Crippen LogP contribution in [-0.4, -0.2) is 51.7 Å². The Bertz CT molecular complexity index is 1400. The van der Waals surface area contributed by atoms with E-state index in [0.29, 0.717) is 12.2 Å². The van der Waals surface area contributed by atoms with Gasteiger partial charge in [0.15, 0.2) is 5.82 Å². The summed E-state index contributed by atoms with van der Waals surface area (Å²) in [5.41, 5.74) is 9.46. The van der Waals surface area contributed by atoms with Gasteiger partial charge in [-0.2, -0.15) is 0 Å². The maximum Gasteiger partial charge on any atom is 0.274 e. The van der Waals surface area contributed by atoms with Gasteiger partial charge in [-0.05, 0) is 43.2 Å². The highest BCUT2D eigenvalue weighted by Gasteiger charge is 2.29. The van der Waals surface area contributed by atoms with Crippen molar-refractivity contribution in [1.29, 1.82) is 0 Å². The van der Waals surface area contributed by atoms with Gasteiger partial charge >= 0.3 is 0 Å². The zero-order chi connectivity index (χ0) is 24.5. The fourth-order valence-corrected chi connectivity index (χ4v) is 4.64. The van der Waals surface area contributed by atoms with Crippen molar-refractivity contribution in [2.24, 2.45) is 12.8 Å². The highest BCUT2D eigenvalue weighted by Crippen LogP contribution is 2.38. The van der Waals surface area contributed by atoms with Crippen molar-refractivity contribution in [3.63, 3.8) is 0 Å². The lowest BCUT2D eigenvalue weighted by Gasteiger charge is -2.28. The Morgan fingerprint density at radius 2 is 2.11 bits per heavy atom. The van der Waals surface area contributed by atoms with Gasteiger partial charge in [-0.25, -0.2) is 19.3 Å². The fourth-order valence-electron chi connectivity index (χ4n) is 4.64. The lowest BCUT2D eigenvalue weighted by molar-refractivity contribution is 0.102. The van der Waals surface area contributed by atoms with Crippen molar-refractivity contribution in [1.82, 2.24) is 19.5 Å². The third kappa shape index (κ3) is 4.06. The van der Waals surface area contributed by atoms with Gasteiger partial charge in [0.1, 0.15) is 22.8 Å². The normalized spacial score (nSPS) is 15.5. The molecule has 9 nitrogen and oxygen atoms in total. The minimum Gasteiger partial charge on any atom is -0.496 e. The number of nitrogens with one attached hydrogen (secondary N) is 1. The first-order valence-corrected chi connectivity index (χ1v) is 11.4. The molecule has 0 bridgehead atoms. The van der Waals surface area contributed by atoms with Crippen LogP contribution in [0.1, 0.15) is 23.3 Å². The summed E-state index contributed by atoms with van der Waals surface area (Å²) in [6.07, 6.45) is 5.17. The fraction of sp³-hybridized carbons (Fsp3) is 0.280. The molecule has 3 N–H and O–H groups in total. The highest BCUT2D eigenvalue weighted by atomic mass is 19.1. The quantitative estimate of drug-likeness (QED) is 0.440. The van der Waals surface area contributed by atoms with Crippen molar-refractivity contribution in [3.05, 3.63) is 60.4 Å². The number of halogens is 1. The molecule has 35 heavy (non-hydrogen) atoms. The average molecular weight is 476 g/mol. The van der Waals surface area contributed by atoms with Crippen LogP contribution in [0.15, 0.2) is 48.9 Å². The summed E-state index contributed by atoms with van der Waals surface area (Å²) in [6.45, 7) is 1.33. The predicted octanol–water partition coefficient (Wildman–Crippen LogP) is 3.36. The monoisotopic (exact) mass is 475 g/mol. The zero-order valence-electron chi connectivity index (χ0n) is 19.5. The number of anilines is 2. The van der Waals surface area contributed by atoms with E-state index in [-0.39, 0.29) is 28.9 Å². The van der Waals surface area contributed by atoms with Gasteiger partial charge in [-0.15, -0.1) is 0 Å². The predicted molar refractivity (Wildman–Crippen MR) is 132 cm³/mol. The molecule has 3 heterocycles. The number of carbonyl (C=O) groups excluding carboxylic acids is 1. The number of aryl methyl sites for hydroxylation is 1. The van der Waals surface area contributed by atoms with Gasteiger partial charge in [0.25, 0.3) is 5.91 Å². The van der Waals surface area contributed by atoms with Crippen molar-refractivity contribution >= 4 is 28.3 Å². The first-order chi connectivity index (χ1) is 17.0. The standard InChI is InChI=1S/C25H26FN7O2/c1-32-14-29-22-19(32)9-8-17(23(22)33-12-4-5-15(33)13-27)31-25(34)18-10-11-28-24(30-18)21-16(26)6-3-7-20(21)35-2/h3,6-11,14-15H,4-5,12-13,27H2,1-2H3,(H,31,34). The van der Waals surface area contributed by atoms with Crippen LogP contribution in [0, 0.1) is 5.82 Å². The average Bonchev–Trinajstić information content (AvgIpc) is 3.50. The number of methoxy groups -OCH3 is 1. The van der Waals surface area contributed by atoms with Crippen molar-refractivity contribution in [2.75, 3.05) is 30.4 Å². The molecule has 1 aliphatic rings. The molecule has 1 unspecified atom stereocenters. The molecule has 2 aromatic heterocycles. The third-order valence-electron chi connectivity index (χ3n) is 6.36. The maximum atomic E-state index is 14.6. The lowest BCUT2D eigenvalue weighted by Crippen LogP contribution is -2.36. The number of aromatic nitrogens is 4. The molecule has 1 amide bonds. The van der Waals surface area contributed by atoms with E-state index >= 15 is 0 Å². The number of nitrogens with zero attached hydrogens (tertiary/aromatic N) is 5. The van der Waals surface area contributed by atoms with Crippen LogP contribution in [0.4, 0.5) is 15.8 Å². The molecule has 10 heteroatoms. The molecule has 1 saturated heterocycles. The SMILES string of the molecule is COc1cccc(F)c1-c1nccc(C(=O)Nc2ccc3c(ncn3C)c2N2CCCC2CN)n1. The van der Waals surface area contributed by atoms with E-state index in [1.54, 1.807) is 12.4 Å². The van der Waals surface area contributed by atoms with Gasteiger partial charge in [-0.3, -0.25) is 4.79 Å². The summed E-state index contributed by atoms with van der Waals surface area (Å²) in [6, 6.07) is 9.90. The van der Waals surface area contributed by atoms with Crippen LogP contribution in [0.3, 0.4) is 0 Å². The summed E-state index contributed by atoms with van der Waals surface area (Å²) in [5, 5.41) is 2.99. The molecule has 180 valence electrons. The van der Waals surface area contributed by atoms with E-state index in [1.807, 2.05) is 23.7 Å². The number of benzene rings is 2. The Hall–Kier alpha value is -4.05. The molecular formula is C25H26FN7O2. The second kappa shape index (κ2) is 9.30. The molecule has 1 fully saturated rings. The number of rotatable bonds is 6. The third-order valence-corrected chi connectivity index (χ3v) is 6.36. The molecule has 0 radical (unpaired) electrons. The zero-order valence-corrected chi connectivity index (χ0v) is 19.5. The summed E-state index contributed by atoms with van der Waals surface area (Å²) in [5.74, 6) is -0.626. The van der Waals surface area contributed by atoms with Crippen molar-refractivity contribution in [2.45, 2.75) is 18.9 Å². The van der Waals surface area contributed by atoms with E-state index < -0.39 is 11.7 Å². The Morgan fingerprint density at radius 3 is 2.91 bits per heavy atom. The number of imidazole rings is 1. The summed E-state index contributed by atoms with van der Waals surface area (Å²) in [4.78, 5) is 28.6. The molecular weight excluding hydrogens is 449 g/mol. The Kier molecular flexibility index (Phi) is 6.04. The van der Waals surface area contributed by atoms with Gasteiger partial charge in [-0.1, -0.05) is 6.07 Å². The number of hydrogen-bond donors (Lipinski definition) is 2. The summed E-state index contributed by atoms with van der Waals surface area (Å²) in [7, 11) is 3.37. The van der Waals surface area contributed by atoms with Crippen molar-refractivity contribution < 1.29 is 13.9 Å². The molecule has 2 aromatic carbocycles. The molecule has 0 spiro atoms. The number of amides is 1. The number of carbonyl (C=O) groups is 1. The minimum absolute atomic E-state index is 0.0655. The van der Waals surface area contributed by atoms with Crippen LogP contribution in [0.2, 0.25) is 0 Å². The molecule has 1 aliphatic heterocycles. The second-order valence-electron chi connectivity index (χ2n) is 8.45. The largest absolute Gasteiger partial charge is 0.496 e. The van der Waals surface area contributed by atoms with Gasteiger partial charge in [0, 0.05) is 32.4 Å². The van der Waals surface area contributed by atoms with E-state index in [9.17, 15) is 9.18 Å². The molecule has 5 rings (SSSR count). The molecule has 4 aromatic rings. The first-order valence-electron chi connectivity index (χ1n) is 11.4. The molecule has 0 aliphatic carbocycles. The number of fused-ring (bicyclic) bond motifs is 1. The summed E-state index contributed by atoms with van der Waals surface area (Å²) >= 11 is 0. The van der Waals surface area contributed by atoms with E-state index in [0.717, 1.165) is 36.1 Å². The van der Waals surface area contributed by atoms with Crippen LogP contribution >= 0.6 is 0 Å². The number of nitrogens with two attached hydrogens (primary N) is 1. The highest BCUT2D eigenvalue weighted by molar-refractivity contribution is 6.08.